The van der Waals surface area contributed by atoms with E-state index in [1.807, 2.05) is 13.0 Å². The fraction of sp³-hybridized carbons (Fsp3) is 0.818. The molecule has 0 radical (unpaired) electrons. The summed E-state index contributed by atoms with van der Waals surface area (Å²) in [6.45, 7) is 5.82. The van der Waals surface area contributed by atoms with Crippen LogP contribution in [0.3, 0.4) is 0 Å². The zero-order valence-corrected chi connectivity index (χ0v) is 9.34. The van der Waals surface area contributed by atoms with Gasteiger partial charge in [0.25, 0.3) is 0 Å². The van der Waals surface area contributed by atoms with Crippen LogP contribution in [0.1, 0.15) is 46.5 Å². The standard InChI is InChI=1S/C11H20N2O/c1-4-6-7-10(5-2)11(14)13-9(3)8-12/h9-10H,4-7H2,1-3H3,(H,13,14). The van der Waals surface area contributed by atoms with E-state index in [4.69, 9.17) is 5.26 Å². The highest BCUT2D eigenvalue weighted by atomic mass is 16.1. The lowest BCUT2D eigenvalue weighted by Crippen LogP contribution is -2.36. The minimum atomic E-state index is -0.377. The van der Waals surface area contributed by atoms with Crippen molar-refractivity contribution in [3.8, 4) is 6.07 Å². The lowest BCUT2D eigenvalue weighted by molar-refractivity contribution is -0.125. The molecule has 3 heteroatoms. The summed E-state index contributed by atoms with van der Waals surface area (Å²) in [6, 6.07) is 1.62. The van der Waals surface area contributed by atoms with E-state index in [1.165, 1.54) is 0 Å². The van der Waals surface area contributed by atoms with Gasteiger partial charge in [-0.3, -0.25) is 4.79 Å². The first kappa shape index (κ1) is 13.0. The number of hydrogen-bond acceptors (Lipinski definition) is 2. The van der Waals surface area contributed by atoms with Crippen LogP contribution in [0.5, 0.6) is 0 Å². The summed E-state index contributed by atoms with van der Waals surface area (Å²) >= 11 is 0. The highest BCUT2D eigenvalue weighted by molar-refractivity contribution is 5.79. The fourth-order valence-corrected chi connectivity index (χ4v) is 1.33. The van der Waals surface area contributed by atoms with Crippen molar-refractivity contribution < 1.29 is 4.79 Å². The molecule has 0 saturated heterocycles. The molecule has 0 aliphatic rings. The van der Waals surface area contributed by atoms with Gasteiger partial charge < -0.3 is 5.32 Å². The van der Waals surface area contributed by atoms with E-state index >= 15 is 0 Å². The van der Waals surface area contributed by atoms with Crippen LogP contribution in [-0.2, 0) is 4.79 Å². The fourth-order valence-electron chi connectivity index (χ4n) is 1.33. The van der Waals surface area contributed by atoms with Gasteiger partial charge in [-0.25, -0.2) is 0 Å². The molecule has 1 N–H and O–H groups in total. The molecule has 2 atom stereocenters. The first-order valence-corrected chi connectivity index (χ1v) is 5.35. The normalized spacial score (nSPS) is 14.1. The molecule has 0 aromatic rings. The third-order valence-corrected chi connectivity index (χ3v) is 2.32. The molecule has 0 rings (SSSR count). The minimum Gasteiger partial charge on any atom is -0.340 e. The average Bonchev–Trinajstić information content (AvgIpc) is 2.18. The quantitative estimate of drug-likeness (QED) is 0.708. The number of carbonyl (C=O) groups is 1. The maximum Gasteiger partial charge on any atom is 0.224 e. The van der Waals surface area contributed by atoms with Gasteiger partial charge in [-0.05, 0) is 19.8 Å². The molecule has 14 heavy (non-hydrogen) atoms. The van der Waals surface area contributed by atoms with Crippen LogP contribution in [-0.4, -0.2) is 11.9 Å². The van der Waals surface area contributed by atoms with Crippen molar-refractivity contribution in [2.45, 2.75) is 52.5 Å². The van der Waals surface area contributed by atoms with Crippen LogP contribution in [0, 0.1) is 17.2 Å². The topological polar surface area (TPSA) is 52.9 Å². The van der Waals surface area contributed by atoms with Gasteiger partial charge in [-0.1, -0.05) is 26.7 Å². The van der Waals surface area contributed by atoms with E-state index in [1.54, 1.807) is 6.92 Å². The Hall–Kier alpha value is -1.04. The lowest BCUT2D eigenvalue weighted by atomic mass is 9.98. The van der Waals surface area contributed by atoms with Gasteiger partial charge in [-0.15, -0.1) is 0 Å². The molecule has 0 fully saturated rings. The first-order valence-electron chi connectivity index (χ1n) is 5.35. The van der Waals surface area contributed by atoms with Crippen LogP contribution in [0.25, 0.3) is 0 Å². The molecule has 0 saturated carbocycles. The van der Waals surface area contributed by atoms with Crippen LogP contribution in [0.2, 0.25) is 0 Å². The second-order valence-corrected chi connectivity index (χ2v) is 3.61. The highest BCUT2D eigenvalue weighted by Crippen LogP contribution is 2.12. The second-order valence-electron chi connectivity index (χ2n) is 3.61. The Labute approximate surface area is 86.5 Å². The molecule has 2 unspecified atom stereocenters. The Balaban J connectivity index is 3.98. The van der Waals surface area contributed by atoms with Gasteiger partial charge >= 0.3 is 0 Å². The third kappa shape index (κ3) is 4.86. The van der Waals surface area contributed by atoms with Gasteiger partial charge in [0.1, 0.15) is 6.04 Å². The monoisotopic (exact) mass is 196 g/mol. The molecule has 0 aliphatic carbocycles. The first-order chi connectivity index (χ1) is 6.65. The van der Waals surface area contributed by atoms with E-state index in [9.17, 15) is 4.79 Å². The van der Waals surface area contributed by atoms with Crippen LogP contribution in [0.4, 0.5) is 0 Å². The number of hydrogen-bond donors (Lipinski definition) is 1. The van der Waals surface area contributed by atoms with Gasteiger partial charge in [-0.2, -0.15) is 5.26 Å². The lowest BCUT2D eigenvalue weighted by Gasteiger charge is -2.15. The predicted molar refractivity (Wildman–Crippen MR) is 56.5 cm³/mol. The molecular weight excluding hydrogens is 176 g/mol. The van der Waals surface area contributed by atoms with Crippen molar-refractivity contribution >= 4 is 5.91 Å². The summed E-state index contributed by atoms with van der Waals surface area (Å²) in [5, 5.41) is 11.2. The Kier molecular flexibility index (Phi) is 6.82. The number of rotatable bonds is 6. The molecule has 0 aromatic heterocycles. The molecule has 3 nitrogen and oxygen atoms in total. The molecule has 80 valence electrons. The Morgan fingerprint density at radius 3 is 2.57 bits per heavy atom. The van der Waals surface area contributed by atoms with E-state index in [-0.39, 0.29) is 17.9 Å². The smallest absolute Gasteiger partial charge is 0.224 e. The SMILES string of the molecule is CCCCC(CC)C(=O)NC(C)C#N. The zero-order chi connectivity index (χ0) is 11.0. The molecule has 0 heterocycles. The number of amides is 1. The minimum absolute atomic E-state index is 0.0231. The van der Waals surface area contributed by atoms with E-state index in [0.29, 0.717) is 0 Å². The Bertz CT molecular complexity index is 208. The maximum absolute atomic E-state index is 11.6. The van der Waals surface area contributed by atoms with Crippen LogP contribution >= 0.6 is 0 Å². The zero-order valence-electron chi connectivity index (χ0n) is 9.34. The van der Waals surface area contributed by atoms with E-state index in [2.05, 4.69) is 12.2 Å². The molecule has 0 aromatic carbocycles. The summed E-state index contributed by atoms with van der Waals surface area (Å²) < 4.78 is 0. The predicted octanol–water partition coefficient (Wildman–Crippen LogP) is 2.23. The van der Waals surface area contributed by atoms with Gasteiger partial charge in [0, 0.05) is 5.92 Å². The summed E-state index contributed by atoms with van der Waals surface area (Å²) in [5.74, 6) is 0.0979. The average molecular weight is 196 g/mol. The molecule has 0 aliphatic heterocycles. The second kappa shape index (κ2) is 7.37. The van der Waals surface area contributed by atoms with Gasteiger partial charge in [0.2, 0.25) is 5.91 Å². The molecular formula is C11H20N2O. The Morgan fingerprint density at radius 1 is 1.50 bits per heavy atom. The maximum atomic E-state index is 11.6. The molecule has 1 amide bonds. The summed E-state index contributed by atoms with van der Waals surface area (Å²) in [5.41, 5.74) is 0. The van der Waals surface area contributed by atoms with Crippen LogP contribution in [0.15, 0.2) is 0 Å². The summed E-state index contributed by atoms with van der Waals surface area (Å²) in [4.78, 5) is 11.6. The largest absolute Gasteiger partial charge is 0.340 e. The van der Waals surface area contributed by atoms with E-state index < -0.39 is 0 Å². The van der Waals surface area contributed by atoms with Gasteiger partial charge in [0.05, 0.1) is 6.07 Å². The molecule has 0 spiro atoms. The van der Waals surface area contributed by atoms with Crippen molar-refractivity contribution in [2.75, 3.05) is 0 Å². The van der Waals surface area contributed by atoms with E-state index in [0.717, 1.165) is 25.7 Å². The van der Waals surface area contributed by atoms with Gasteiger partial charge in [0.15, 0.2) is 0 Å². The molecule has 0 bridgehead atoms. The number of unbranched alkanes of at least 4 members (excludes halogenated alkanes) is 1. The van der Waals surface area contributed by atoms with Crippen molar-refractivity contribution in [2.24, 2.45) is 5.92 Å². The number of nitrogens with one attached hydrogen (secondary N) is 1. The summed E-state index contributed by atoms with van der Waals surface area (Å²) in [6.07, 6.45) is 3.96. The number of nitrogens with zero attached hydrogens (tertiary/aromatic N) is 1. The Morgan fingerprint density at radius 2 is 2.14 bits per heavy atom. The van der Waals surface area contributed by atoms with Crippen molar-refractivity contribution in [1.82, 2.24) is 5.32 Å². The summed E-state index contributed by atoms with van der Waals surface area (Å²) in [7, 11) is 0. The van der Waals surface area contributed by atoms with Crippen molar-refractivity contribution in [3.63, 3.8) is 0 Å². The number of nitriles is 1. The van der Waals surface area contributed by atoms with Crippen molar-refractivity contribution in [3.05, 3.63) is 0 Å². The van der Waals surface area contributed by atoms with Crippen molar-refractivity contribution in [1.29, 1.82) is 5.26 Å². The third-order valence-electron chi connectivity index (χ3n) is 2.32. The number of carbonyl (C=O) groups excluding carboxylic acids is 1. The highest BCUT2D eigenvalue weighted by Gasteiger charge is 2.16. The van der Waals surface area contributed by atoms with Crippen LogP contribution < -0.4 is 5.32 Å².